The Balaban J connectivity index is 3.12. The first-order valence-electron chi connectivity index (χ1n) is 2.01. The minimum absolute atomic E-state index is 1.50. The van der Waals surface area contributed by atoms with Crippen LogP contribution in [0.15, 0.2) is 6.33 Å². The molecule has 0 aliphatic carbocycles. The van der Waals surface area contributed by atoms with E-state index in [0.717, 1.165) is 0 Å². The Morgan fingerprint density at radius 1 is 1.71 bits per heavy atom. The largest absolute Gasteiger partial charge is 0.296 e. The van der Waals surface area contributed by atoms with Crippen LogP contribution in [0.3, 0.4) is 0 Å². The molecule has 7 heavy (non-hydrogen) atoms. The lowest BCUT2D eigenvalue weighted by Gasteiger charge is -1.77. The molecule has 0 amide bonds. The summed E-state index contributed by atoms with van der Waals surface area (Å²) in [7, 11) is 3.65. The highest BCUT2D eigenvalue weighted by Crippen LogP contribution is 1.53. The van der Waals surface area contributed by atoms with Gasteiger partial charge in [-0.1, -0.05) is 4.80 Å². The topological polar surface area (TPSA) is 34.6 Å². The van der Waals surface area contributed by atoms with Crippen LogP contribution in [0.4, 0.5) is 0 Å². The van der Waals surface area contributed by atoms with Crippen molar-refractivity contribution in [2.75, 3.05) is 0 Å². The molecule has 4 heteroatoms. The zero-order valence-corrected chi connectivity index (χ0v) is 4.37. The smallest absolute Gasteiger partial charge is 0.0633 e. The van der Waals surface area contributed by atoms with Crippen LogP contribution in [-0.2, 0) is 14.1 Å². The fourth-order valence-corrected chi connectivity index (χ4v) is 0.322. The van der Waals surface area contributed by atoms with Gasteiger partial charge in [-0.2, -0.15) is 0 Å². The molecule has 0 radical (unpaired) electrons. The summed E-state index contributed by atoms with van der Waals surface area (Å²) in [6.45, 7) is 0. The molecule has 1 aromatic heterocycles. The van der Waals surface area contributed by atoms with Gasteiger partial charge in [0, 0.05) is 0 Å². The molecule has 1 aromatic rings. The third-order valence-electron chi connectivity index (χ3n) is 0.856. The predicted molar refractivity (Wildman–Crippen MR) is 22.2 cm³/mol. The Bertz CT molecular complexity index is 139. The highest BCUT2D eigenvalue weighted by Gasteiger charge is 1.93. The van der Waals surface area contributed by atoms with Crippen molar-refractivity contribution in [3.8, 4) is 0 Å². The van der Waals surface area contributed by atoms with E-state index in [1.165, 1.54) is 6.33 Å². The van der Waals surface area contributed by atoms with Gasteiger partial charge < -0.3 is 0 Å². The molecule has 0 spiro atoms. The van der Waals surface area contributed by atoms with Gasteiger partial charge in [0.1, 0.15) is 7.05 Å². The van der Waals surface area contributed by atoms with Crippen LogP contribution in [0, 0.1) is 0 Å². The summed E-state index contributed by atoms with van der Waals surface area (Å²) in [5.74, 6) is 0. The number of hydrogen-bond acceptors (Lipinski definition) is 2. The van der Waals surface area contributed by atoms with E-state index in [4.69, 9.17) is 0 Å². The summed E-state index contributed by atoms with van der Waals surface area (Å²) in [6, 6.07) is 0. The predicted octanol–water partition coefficient (Wildman–Crippen LogP) is -1.36. The number of rotatable bonds is 0. The second-order valence-electron chi connectivity index (χ2n) is 1.33. The molecule has 0 atom stereocenters. The molecular weight excluding hydrogens is 92.1 g/mol. The monoisotopic (exact) mass is 99.1 g/mol. The van der Waals surface area contributed by atoms with Crippen LogP contribution in [0.5, 0.6) is 0 Å². The number of aromatic nitrogens is 4. The Morgan fingerprint density at radius 2 is 2.43 bits per heavy atom. The molecule has 1 rings (SSSR count). The van der Waals surface area contributed by atoms with Gasteiger partial charge in [0.15, 0.2) is 0 Å². The molecule has 0 unspecified atom stereocenters. The Hall–Kier alpha value is -0.930. The van der Waals surface area contributed by atoms with Crippen molar-refractivity contribution in [1.82, 2.24) is 15.0 Å². The summed E-state index contributed by atoms with van der Waals surface area (Å²) in [6.07, 6.45) is 1.50. The molecule has 38 valence electrons. The maximum Gasteiger partial charge on any atom is 0.296 e. The van der Waals surface area contributed by atoms with Crippen molar-refractivity contribution in [1.29, 1.82) is 0 Å². The first-order valence-corrected chi connectivity index (χ1v) is 2.01. The molecule has 0 fully saturated rings. The molecule has 0 aromatic carbocycles. The van der Waals surface area contributed by atoms with E-state index in [1.54, 1.807) is 9.59 Å². The van der Waals surface area contributed by atoms with Gasteiger partial charge in [-0.05, 0) is 9.90 Å². The molecule has 0 bridgehead atoms. The molecule has 1 heterocycles. The maximum absolute atomic E-state index is 3.78. The molecular formula is C3H7N4+. The van der Waals surface area contributed by atoms with Crippen molar-refractivity contribution < 1.29 is 4.80 Å². The molecule has 0 saturated carbocycles. The zero-order chi connectivity index (χ0) is 5.28. The number of aryl methyl sites for hydroxylation is 2. The summed E-state index contributed by atoms with van der Waals surface area (Å²) in [4.78, 5) is 3.28. The van der Waals surface area contributed by atoms with Crippen LogP contribution in [0.1, 0.15) is 0 Å². The molecule has 4 nitrogen and oxygen atoms in total. The van der Waals surface area contributed by atoms with Crippen molar-refractivity contribution in [2.24, 2.45) is 14.1 Å². The maximum atomic E-state index is 3.78. The van der Waals surface area contributed by atoms with E-state index in [-0.39, 0.29) is 0 Å². The van der Waals surface area contributed by atoms with E-state index in [2.05, 4.69) is 10.2 Å². The van der Waals surface area contributed by atoms with Gasteiger partial charge in [-0.25, -0.2) is 0 Å². The Morgan fingerprint density at radius 3 is 2.57 bits per heavy atom. The minimum atomic E-state index is 1.50. The highest BCUT2D eigenvalue weighted by molar-refractivity contribution is 4.22. The summed E-state index contributed by atoms with van der Waals surface area (Å²) < 4.78 is 0. The highest BCUT2D eigenvalue weighted by atomic mass is 15.6. The van der Waals surface area contributed by atoms with Crippen molar-refractivity contribution in [2.45, 2.75) is 0 Å². The summed E-state index contributed by atoms with van der Waals surface area (Å²) in [5.41, 5.74) is 0. The minimum Gasteiger partial charge on any atom is -0.0633 e. The Labute approximate surface area is 41.4 Å². The van der Waals surface area contributed by atoms with Crippen LogP contribution in [0.25, 0.3) is 0 Å². The van der Waals surface area contributed by atoms with E-state index < -0.39 is 0 Å². The van der Waals surface area contributed by atoms with Crippen LogP contribution >= 0.6 is 0 Å². The molecule has 0 aliphatic rings. The number of nitrogens with zero attached hydrogens (tertiary/aromatic N) is 4. The standard InChI is InChI=1S/C3H7N4/c1-6-4-3-5-7(6)2/h3H,1-2H3/q+1. The van der Waals surface area contributed by atoms with Crippen molar-refractivity contribution >= 4 is 0 Å². The van der Waals surface area contributed by atoms with E-state index in [1.807, 2.05) is 14.1 Å². The fraction of sp³-hybridized carbons (Fsp3) is 0.667. The third kappa shape index (κ3) is 0.581. The van der Waals surface area contributed by atoms with E-state index in [9.17, 15) is 0 Å². The summed E-state index contributed by atoms with van der Waals surface area (Å²) >= 11 is 0. The first-order chi connectivity index (χ1) is 3.30. The van der Waals surface area contributed by atoms with Gasteiger partial charge in [0.05, 0.1) is 12.1 Å². The quantitative estimate of drug-likeness (QED) is 0.376. The molecule has 0 N–H and O–H groups in total. The van der Waals surface area contributed by atoms with Crippen molar-refractivity contribution in [3.63, 3.8) is 0 Å². The number of hydrogen-bond donors (Lipinski definition) is 0. The Kier molecular flexibility index (Phi) is 0.780. The second kappa shape index (κ2) is 1.29. The van der Waals surface area contributed by atoms with Gasteiger partial charge in [0.25, 0.3) is 6.33 Å². The lowest BCUT2D eigenvalue weighted by Crippen LogP contribution is -2.40. The number of tetrazole rings is 1. The van der Waals surface area contributed by atoms with E-state index in [0.29, 0.717) is 0 Å². The van der Waals surface area contributed by atoms with Gasteiger partial charge >= 0.3 is 0 Å². The van der Waals surface area contributed by atoms with Gasteiger partial charge in [0.2, 0.25) is 0 Å². The lowest BCUT2D eigenvalue weighted by molar-refractivity contribution is -0.807. The average molecular weight is 99.1 g/mol. The van der Waals surface area contributed by atoms with Crippen LogP contribution in [0.2, 0.25) is 0 Å². The lowest BCUT2D eigenvalue weighted by atomic mass is 11.4. The average Bonchev–Trinajstić information content (AvgIpc) is 1.91. The molecule has 0 saturated heterocycles. The second-order valence-corrected chi connectivity index (χ2v) is 1.33. The van der Waals surface area contributed by atoms with Gasteiger partial charge in [-0.3, -0.25) is 0 Å². The van der Waals surface area contributed by atoms with Gasteiger partial charge in [-0.15, -0.1) is 0 Å². The molecule has 0 aliphatic heterocycles. The fourth-order valence-electron chi connectivity index (χ4n) is 0.322. The van der Waals surface area contributed by atoms with Crippen molar-refractivity contribution in [3.05, 3.63) is 6.33 Å². The van der Waals surface area contributed by atoms with Crippen LogP contribution in [-0.4, -0.2) is 15.0 Å². The van der Waals surface area contributed by atoms with Crippen LogP contribution < -0.4 is 4.80 Å². The third-order valence-corrected chi connectivity index (χ3v) is 0.856. The SMILES string of the molecule is Cn1ncn[n+]1C. The first kappa shape index (κ1) is 4.23. The normalized spacial score (nSPS) is 9.43. The summed E-state index contributed by atoms with van der Waals surface area (Å²) in [5, 5.41) is 7.57. The van der Waals surface area contributed by atoms with E-state index >= 15 is 0 Å². The zero-order valence-electron chi connectivity index (χ0n) is 4.37.